The second-order valence-electron chi connectivity index (χ2n) is 11.5. The van der Waals surface area contributed by atoms with Crippen LogP contribution in [-0.4, -0.2) is 4.57 Å². The summed E-state index contributed by atoms with van der Waals surface area (Å²) in [5, 5.41) is 4.51. The average molecular weight is 595 g/mol. The van der Waals surface area contributed by atoms with Crippen LogP contribution in [0, 0.1) is 5.82 Å². The minimum absolute atomic E-state index is 0.240. The molecular formula is C42H27FN2O. The molecule has 0 radical (unpaired) electrons. The van der Waals surface area contributed by atoms with Crippen LogP contribution in [-0.2, 0) is 0 Å². The maximum absolute atomic E-state index is 13.8. The summed E-state index contributed by atoms with van der Waals surface area (Å²) in [6.45, 7) is 0. The van der Waals surface area contributed by atoms with Gasteiger partial charge in [-0.1, -0.05) is 78.9 Å². The third-order valence-corrected chi connectivity index (χ3v) is 8.85. The summed E-state index contributed by atoms with van der Waals surface area (Å²) in [5.74, 6) is -0.240. The maximum Gasteiger partial charge on any atom is 0.137 e. The van der Waals surface area contributed by atoms with Crippen LogP contribution in [0.4, 0.5) is 21.5 Å². The number of nitrogens with zero attached hydrogens (tertiary/aromatic N) is 2. The SMILES string of the molecule is Fc1ccc(-n2c3ccccc3c3cc(-c4ccc(N(c5ccccc5)c5cccc6oc7ccccc7c56)cc4)ccc32)cc1. The van der Waals surface area contributed by atoms with E-state index in [9.17, 15) is 4.39 Å². The Kier molecular flexibility index (Phi) is 6.00. The number of anilines is 3. The summed E-state index contributed by atoms with van der Waals surface area (Å²) in [5.41, 5.74) is 10.3. The van der Waals surface area contributed by atoms with E-state index in [0.717, 1.165) is 77.6 Å². The molecule has 0 aliphatic rings. The smallest absolute Gasteiger partial charge is 0.137 e. The molecule has 0 saturated heterocycles. The average Bonchev–Trinajstić information content (AvgIpc) is 3.66. The van der Waals surface area contributed by atoms with Gasteiger partial charge < -0.3 is 13.9 Å². The van der Waals surface area contributed by atoms with Crippen LogP contribution in [0.1, 0.15) is 0 Å². The van der Waals surface area contributed by atoms with Crippen LogP contribution in [0.3, 0.4) is 0 Å². The molecule has 0 amide bonds. The highest BCUT2D eigenvalue weighted by molar-refractivity contribution is 6.13. The largest absolute Gasteiger partial charge is 0.456 e. The Balaban J connectivity index is 1.17. The van der Waals surface area contributed by atoms with E-state index in [0.29, 0.717) is 0 Å². The topological polar surface area (TPSA) is 21.3 Å². The lowest BCUT2D eigenvalue weighted by molar-refractivity contribution is 0.627. The molecule has 0 unspecified atom stereocenters. The van der Waals surface area contributed by atoms with Gasteiger partial charge in [-0.25, -0.2) is 4.39 Å². The van der Waals surface area contributed by atoms with E-state index in [4.69, 9.17) is 4.42 Å². The highest BCUT2D eigenvalue weighted by Crippen LogP contribution is 2.43. The van der Waals surface area contributed by atoms with Crippen LogP contribution in [0.25, 0.3) is 60.6 Å². The molecule has 0 spiro atoms. The van der Waals surface area contributed by atoms with Gasteiger partial charge >= 0.3 is 0 Å². The Bertz CT molecular complexity index is 2530. The summed E-state index contributed by atoms with van der Waals surface area (Å²) < 4.78 is 22.2. The van der Waals surface area contributed by atoms with E-state index in [-0.39, 0.29) is 5.82 Å². The van der Waals surface area contributed by atoms with Crippen molar-refractivity contribution < 1.29 is 8.81 Å². The first kappa shape index (κ1) is 26.3. The fourth-order valence-electron chi connectivity index (χ4n) is 6.77. The van der Waals surface area contributed by atoms with Crippen molar-refractivity contribution in [2.45, 2.75) is 0 Å². The standard InChI is InChI=1S/C42H27FN2O/c43-30-20-24-33(25-21-30)45-37-13-6-4-11-34(37)36-27-29(19-26-38(36)45)28-17-22-32(23-18-28)44(31-9-2-1-3-10-31)39-14-8-16-41-42(39)35-12-5-7-15-40(35)46-41/h1-27H. The molecule has 4 heteroatoms. The summed E-state index contributed by atoms with van der Waals surface area (Å²) in [4.78, 5) is 2.30. The fraction of sp³-hybridized carbons (Fsp3) is 0. The molecule has 218 valence electrons. The lowest BCUT2D eigenvalue weighted by atomic mass is 10.0. The summed E-state index contributed by atoms with van der Waals surface area (Å²) >= 11 is 0. The first-order chi connectivity index (χ1) is 22.7. The molecule has 2 heterocycles. The van der Waals surface area contributed by atoms with Crippen LogP contribution in [0.15, 0.2) is 168 Å². The van der Waals surface area contributed by atoms with Gasteiger partial charge in [0.05, 0.1) is 22.1 Å². The van der Waals surface area contributed by atoms with Crippen molar-refractivity contribution in [1.82, 2.24) is 4.57 Å². The van der Waals surface area contributed by atoms with E-state index in [2.05, 4.69) is 119 Å². The molecule has 3 nitrogen and oxygen atoms in total. The number of aromatic nitrogens is 1. The number of halogens is 1. The summed E-state index contributed by atoms with van der Waals surface area (Å²) in [7, 11) is 0. The third-order valence-electron chi connectivity index (χ3n) is 8.85. The van der Waals surface area contributed by atoms with Crippen LogP contribution in [0.2, 0.25) is 0 Å². The zero-order valence-corrected chi connectivity index (χ0v) is 24.8. The quantitative estimate of drug-likeness (QED) is 0.198. The van der Waals surface area contributed by atoms with Gasteiger partial charge in [-0.3, -0.25) is 0 Å². The van der Waals surface area contributed by atoms with Crippen molar-refractivity contribution in [2.24, 2.45) is 0 Å². The van der Waals surface area contributed by atoms with Crippen molar-refractivity contribution >= 4 is 60.8 Å². The molecular weight excluding hydrogens is 567 g/mol. The molecule has 7 aromatic carbocycles. The van der Waals surface area contributed by atoms with Gasteiger partial charge in [0.1, 0.15) is 17.0 Å². The normalized spacial score (nSPS) is 11.6. The Hall–Kier alpha value is -6.13. The Morgan fingerprint density at radius 3 is 1.96 bits per heavy atom. The highest BCUT2D eigenvalue weighted by atomic mass is 19.1. The minimum Gasteiger partial charge on any atom is -0.456 e. The molecule has 9 aromatic rings. The summed E-state index contributed by atoms with van der Waals surface area (Å²) in [6.07, 6.45) is 0. The van der Waals surface area contributed by atoms with Crippen molar-refractivity contribution in [2.75, 3.05) is 4.90 Å². The molecule has 0 atom stereocenters. The molecule has 0 N–H and O–H groups in total. The van der Waals surface area contributed by atoms with Crippen LogP contribution < -0.4 is 4.90 Å². The van der Waals surface area contributed by atoms with Crippen molar-refractivity contribution in [3.63, 3.8) is 0 Å². The number of fused-ring (bicyclic) bond motifs is 6. The van der Waals surface area contributed by atoms with Crippen molar-refractivity contribution in [3.8, 4) is 16.8 Å². The van der Waals surface area contributed by atoms with Gasteiger partial charge in [-0.05, 0) is 96.1 Å². The van der Waals surface area contributed by atoms with E-state index in [1.165, 1.54) is 12.1 Å². The molecule has 0 aliphatic carbocycles. The van der Waals surface area contributed by atoms with E-state index in [1.54, 1.807) is 0 Å². The molecule has 9 rings (SSSR count). The zero-order valence-electron chi connectivity index (χ0n) is 24.8. The van der Waals surface area contributed by atoms with E-state index < -0.39 is 0 Å². The first-order valence-electron chi connectivity index (χ1n) is 15.4. The minimum atomic E-state index is -0.240. The molecule has 0 aliphatic heterocycles. The molecule has 0 bridgehead atoms. The summed E-state index contributed by atoms with van der Waals surface area (Å²) in [6, 6.07) is 55.4. The predicted octanol–water partition coefficient (Wildman–Crippen LogP) is 12.0. The lowest BCUT2D eigenvalue weighted by Gasteiger charge is -2.26. The number of benzene rings is 7. The maximum atomic E-state index is 13.8. The first-order valence-corrected chi connectivity index (χ1v) is 15.4. The van der Waals surface area contributed by atoms with Crippen LogP contribution in [0.5, 0.6) is 0 Å². The van der Waals surface area contributed by atoms with Gasteiger partial charge in [0.15, 0.2) is 0 Å². The lowest BCUT2D eigenvalue weighted by Crippen LogP contribution is -2.10. The fourth-order valence-corrected chi connectivity index (χ4v) is 6.77. The number of hydrogen-bond donors (Lipinski definition) is 0. The van der Waals surface area contributed by atoms with Crippen molar-refractivity contribution in [3.05, 3.63) is 170 Å². The molecule has 46 heavy (non-hydrogen) atoms. The monoisotopic (exact) mass is 594 g/mol. The Labute approximate surface area is 265 Å². The van der Waals surface area contributed by atoms with E-state index in [1.807, 2.05) is 42.5 Å². The second kappa shape index (κ2) is 10.5. The molecule has 0 saturated carbocycles. The van der Waals surface area contributed by atoms with Crippen molar-refractivity contribution in [1.29, 1.82) is 0 Å². The number of furan rings is 1. The van der Waals surface area contributed by atoms with E-state index >= 15 is 0 Å². The number of para-hydroxylation sites is 3. The Morgan fingerprint density at radius 1 is 0.478 bits per heavy atom. The Morgan fingerprint density at radius 2 is 1.13 bits per heavy atom. The number of hydrogen-bond acceptors (Lipinski definition) is 2. The van der Waals surface area contributed by atoms with Gasteiger partial charge in [-0.2, -0.15) is 0 Å². The van der Waals surface area contributed by atoms with Gasteiger partial charge in [0.2, 0.25) is 0 Å². The van der Waals surface area contributed by atoms with Gasteiger partial charge in [0, 0.05) is 33.2 Å². The second-order valence-corrected chi connectivity index (χ2v) is 11.5. The predicted molar refractivity (Wildman–Crippen MR) is 188 cm³/mol. The van der Waals surface area contributed by atoms with Crippen LogP contribution >= 0.6 is 0 Å². The third kappa shape index (κ3) is 4.19. The van der Waals surface area contributed by atoms with Gasteiger partial charge in [0.25, 0.3) is 0 Å². The molecule has 0 fully saturated rings. The zero-order chi connectivity index (χ0) is 30.6. The molecule has 2 aromatic heterocycles. The van der Waals surface area contributed by atoms with Gasteiger partial charge in [-0.15, -0.1) is 0 Å². The number of rotatable bonds is 5. The highest BCUT2D eigenvalue weighted by Gasteiger charge is 2.19.